The van der Waals surface area contributed by atoms with E-state index in [9.17, 15) is 9.59 Å². The number of halogens is 1. The highest BCUT2D eigenvalue weighted by atomic mass is 35.5. The van der Waals surface area contributed by atoms with Gasteiger partial charge in [-0.1, -0.05) is 35.9 Å². The number of fused-ring (bicyclic) bond motifs is 3. The molecule has 0 saturated carbocycles. The highest BCUT2D eigenvalue weighted by Crippen LogP contribution is 2.42. The van der Waals surface area contributed by atoms with Crippen molar-refractivity contribution in [3.05, 3.63) is 58.1 Å². The van der Waals surface area contributed by atoms with E-state index in [0.717, 1.165) is 29.5 Å². The second kappa shape index (κ2) is 6.41. The van der Waals surface area contributed by atoms with E-state index in [1.54, 1.807) is 12.1 Å². The maximum Gasteiger partial charge on any atom is 0.325 e. The number of urea groups is 1. The Kier molecular flexibility index (Phi) is 3.98. The van der Waals surface area contributed by atoms with Crippen LogP contribution in [0.25, 0.3) is 0 Å². The van der Waals surface area contributed by atoms with E-state index in [4.69, 9.17) is 21.1 Å². The summed E-state index contributed by atoms with van der Waals surface area (Å²) in [7, 11) is 0. The molecule has 1 N–H and O–H groups in total. The fourth-order valence-corrected chi connectivity index (χ4v) is 4.58. The molecule has 7 heteroatoms. The van der Waals surface area contributed by atoms with Gasteiger partial charge in [-0.2, -0.15) is 0 Å². The van der Waals surface area contributed by atoms with Crippen LogP contribution >= 0.6 is 11.6 Å². The molecule has 2 aliphatic heterocycles. The molecule has 1 spiro atoms. The van der Waals surface area contributed by atoms with Crippen molar-refractivity contribution >= 4 is 23.5 Å². The lowest BCUT2D eigenvalue weighted by atomic mass is 9.92. The lowest BCUT2D eigenvalue weighted by molar-refractivity contribution is -0.132. The molecule has 6 nitrogen and oxygen atoms in total. The Morgan fingerprint density at radius 2 is 1.96 bits per heavy atom. The molecule has 2 heterocycles. The monoisotopic (exact) mass is 398 g/mol. The Morgan fingerprint density at radius 1 is 1.14 bits per heavy atom. The lowest BCUT2D eigenvalue weighted by Crippen LogP contribution is -2.41. The standard InChI is InChI=1S/C21H19ClN2O4/c22-16-10-13(11-17-18(16)28-9-3-8-27-17)12-24-19(25)21(23-20(24)26)7-6-14-4-1-2-5-15(14)21/h1-2,4-5,10-11H,3,6-9,12H2,(H,23,26)/t21-/m1/s1. The van der Waals surface area contributed by atoms with Crippen LogP contribution in [0.2, 0.25) is 5.02 Å². The SMILES string of the molecule is O=C1N[C@@]2(CCc3ccccc32)C(=O)N1Cc1cc(Cl)c2c(c1)OCCCO2. The van der Waals surface area contributed by atoms with Crippen LogP contribution in [0, 0.1) is 0 Å². The first-order valence-electron chi connectivity index (χ1n) is 9.39. The van der Waals surface area contributed by atoms with Crippen molar-refractivity contribution in [1.29, 1.82) is 0 Å². The number of hydrogen-bond donors (Lipinski definition) is 1. The molecular formula is C21H19ClN2O4. The number of nitrogens with zero attached hydrogens (tertiary/aromatic N) is 1. The molecule has 0 unspecified atom stereocenters. The van der Waals surface area contributed by atoms with Gasteiger partial charge in [-0.3, -0.25) is 9.69 Å². The average molecular weight is 399 g/mol. The summed E-state index contributed by atoms with van der Waals surface area (Å²) in [6, 6.07) is 10.9. The Balaban J connectivity index is 1.46. The largest absolute Gasteiger partial charge is 0.489 e. The third-order valence-electron chi connectivity index (χ3n) is 5.62. The molecule has 3 amide bonds. The Labute approximate surface area is 167 Å². The molecule has 1 fully saturated rings. The van der Waals surface area contributed by atoms with Crippen molar-refractivity contribution in [2.24, 2.45) is 0 Å². The molecule has 0 radical (unpaired) electrons. The predicted octanol–water partition coefficient (Wildman–Crippen LogP) is 3.39. The molecule has 0 bridgehead atoms. The maximum absolute atomic E-state index is 13.3. The summed E-state index contributed by atoms with van der Waals surface area (Å²) in [5, 5.41) is 3.36. The zero-order valence-corrected chi connectivity index (χ0v) is 15.9. The van der Waals surface area contributed by atoms with Crippen LogP contribution in [-0.2, 0) is 23.3 Å². The smallest absolute Gasteiger partial charge is 0.325 e. The van der Waals surface area contributed by atoms with Crippen LogP contribution in [0.1, 0.15) is 29.5 Å². The minimum Gasteiger partial charge on any atom is -0.489 e. The number of carbonyl (C=O) groups excluding carboxylic acids is 2. The van der Waals surface area contributed by atoms with Gasteiger partial charge in [-0.05, 0) is 41.7 Å². The fourth-order valence-electron chi connectivity index (χ4n) is 4.29. The van der Waals surface area contributed by atoms with Crippen molar-refractivity contribution in [3.63, 3.8) is 0 Å². The number of amides is 3. The normalized spacial score (nSPS) is 23.0. The first-order chi connectivity index (χ1) is 13.6. The number of imide groups is 1. The van der Waals surface area contributed by atoms with Crippen molar-refractivity contribution in [3.8, 4) is 11.5 Å². The zero-order valence-electron chi connectivity index (χ0n) is 15.2. The summed E-state index contributed by atoms with van der Waals surface area (Å²) in [5.74, 6) is 0.847. The summed E-state index contributed by atoms with van der Waals surface area (Å²) in [4.78, 5) is 27.2. The number of aryl methyl sites for hydroxylation is 1. The summed E-state index contributed by atoms with van der Waals surface area (Å²) < 4.78 is 11.4. The van der Waals surface area contributed by atoms with Gasteiger partial charge >= 0.3 is 6.03 Å². The van der Waals surface area contributed by atoms with Gasteiger partial charge in [0.15, 0.2) is 11.5 Å². The number of nitrogens with one attached hydrogen (secondary N) is 1. The molecule has 2 aromatic carbocycles. The quantitative estimate of drug-likeness (QED) is 0.787. The summed E-state index contributed by atoms with van der Waals surface area (Å²) in [6.45, 7) is 1.21. The van der Waals surface area contributed by atoms with Gasteiger partial charge in [0, 0.05) is 6.42 Å². The molecule has 1 atom stereocenters. The van der Waals surface area contributed by atoms with Gasteiger partial charge in [0.25, 0.3) is 5.91 Å². The van der Waals surface area contributed by atoms with Crippen LogP contribution in [0.15, 0.2) is 36.4 Å². The van der Waals surface area contributed by atoms with Gasteiger partial charge in [0.2, 0.25) is 0 Å². The molecule has 3 aliphatic rings. The van der Waals surface area contributed by atoms with Crippen molar-refractivity contribution in [2.45, 2.75) is 31.3 Å². The first kappa shape index (κ1) is 17.4. The highest BCUT2D eigenvalue weighted by molar-refractivity contribution is 6.32. The minimum absolute atomic E-state index is 0.130. The fraction of sp³-hybridized carbons (Fsp3) is 0.333. The second-order valence-electron chi connectivity index (χ2n) is 7.34. The van der Waals surface area contributed by atoms with Crippen molar-refractivity contribution in [1.82, 2.24) is 10.2 Å². The van der Waals surface area contributed by atoms with Crippen molar-refractivity contribution in [2.75, 3.05) is 13.2 Å². The van der Waals surface area contributed by atoms with E-state index in [1.807, 2.05) is 24.3 Å². The second-order valence-corrected chi connectivity index (χ2v) is 7.75. The van der Waals surface area contributed by atoms with E-state index in [-0.39, 0.29) is 18.5 Å². The Hall–Kier alpha value is -2.73. The maximum atomic E-state index is 13.3. The average Bonchev–Trinajstić information content (AvgIpc) is 3.03. The topological polar surface area (TPSA) is 67.9 Å². The van der Waals surface area contributed by atoms with Crippen molar-refractivity contribution < 1.29 is 19.1 Å². The van der Waals surface area contributed by atoms with Crippen LogP contribution in [0.5, 0.6) is 11.5 Å². The van der Waals surface area contributed by atoms with Gasteiger partial charge in [-0.15, -0.1) is 0 Å². The predicted molar refractivity (Wildman–Crippen MR) is 103 cm³/mol. The third kappa shape index (κ3) is 2.55. The van der Waals surface area contributed by atoms with E-state index < -0.39 is 5.54 Å². The Morgan fingerprint density at radius 3 is 2.86 bits per heavy atom. The summed E-state index contributed by atoms with van der Waals surface area (Å²) in [6.07, 6.45) is 2.12. The van der Waals surface area contributed by atoms with Crippen LogP contribution in [-0.4, -0.2) is 30.1 Å². The molecular weight excluding hydrogens is 380 g/mol. The van der Waals surface area contributed by atoms with Crippen LogP contribution < -0.4 is 14.8 Å². The number of benzene rings is 2. The molecule has 1 aliphatic carbocycles. The van der Waals surface area contributed by atoms with E-state index in [0.29, 0.717) is 36.2 Å². The molecule has 1 saturated heterocycles. The van der Waals surface area contributed by atoms with Gasteiger partial charge in [-0.25, -0.2) is 4.79 Å². The first-order valence-corrected chi connectivity index (χ1v) is 9.77. The number of ether oxygens (including phenoxy) is 2. The minimum atomic E-state index is -0.956. The van der Waals surface area contributed by atoms with Gasteiger partial charge < -0.3 is 14.8 Å². The number of carbonyl (C=O) groups is 2. The van der Waals surface area contributed by atoms with Crippen LogP contribution in [0.4, 0.5) is 4.79 Å². The summed E-state index contributed by atoms with van der Waals surface area (Å²) >= 11 is 6.36. The van der Waals surface area contributed by atoms with Gasteiger partial charge in [0.1, 0.15) is 5.54 Å². The third-order valence-corrected chi connectivity index (χ3v) is 5.91. The lowest BCUT2D eigenvalue weighted by Gasteiger charge is -2.22. The number of hydrogen-bond acceptors (Lipinski definition) is 4. The zero-order chi connectivity index (χ0) is 19.3. The highest BCUT2D eigenvalue weighted by Gasteiger charge is 2.55. The summed E-state index contributed by atoms with van der Waals surface area (Å²) in [5.41, 5.74) is 1.77. The van der Waals surface area contributed by atoms with E-state index in [1.165, 1.54) is 4.90 Å². The Bertz CT molecular complexity index is 992. The van der Waals surface area contributed by atoms with Gasteiger partial charge in [0.05, 0.1) is 24.8 Å². The molecule has 144 valence electrons. The molecule has 5 rings (SSSR count). The molecule has 2 aromatic rings. The van der Waals surface area contributed by atoms with E-state index in [2.05, 4.69) is 5.32 Å². The van der Waals surface area contributed by atoms with E-state index >= 15 is 0 Å². The number of rotatable bonds is 2. The van der Waals surface area contributed by atoms with Crippen LogP contribution in [0.3, 0.4) is 0 Å². The molecule has 0 aromatic heterocycles. The molecule has 28 heavy (non-hydrogen) atoms.